The van der Waals surface area contributed by atoms with Gasteiger partial charge in [0.15, 0.2) is 5.01 Å². The predicted octanol–water partition coefficient (Wildman–Crippen LogP) is 4.51. The number of nitrogens with one attached hydrogen (secondary N) is 1. The van der Waals surface area contributed by atoms with Crippen molar-refractivity contribution < 1.29 is 26.7 Å². The molecular weight excluding hydrogens is 387 g/mol. The molecule has 0 aliphatic carbocycles. The van der Waals surface area contributed by atoms with E-state index in [-0.39, 0.29) is 21.6 Å². The maximum absolute atomic E-state index is 13.2. The van der Waals surface area contributed by atoms with Crippen molar-refractivity contribution in [2.24, 2.45) is 0 Å². The minimum atomic E-state index is -5.79. The van der Waals surface area contributed by atoms with Gasteiger partial charge in [0.1, 0.15) is 4.88 Å². The lowest BCUT2D eigenvalue weighted by Gasteiger charge is -2.15. The van der Waals surface area contributed by atoms with Gasteiger partial charge in [-0.3, -0.25) is 10.1 Å². The maximum Gasteiger partial charge on any atom is 0.460 e. The SMILES string of the molecule is Cc1nc(C(C)(C)C)sc1C(=O)Nc1nnc(C(F)(F)C(F)(F)F)s1. The molecule has 0 fully saturated rings. The van der Waals surface area contributed by atoms with Crippen molar-refractivity contribution in [3.05, 3.63) is 20.6 Å². The normalized spacial score (nSPS) is 13.2. The van der Waals surface area contributed by atoms with Gasteiger partial charge in [0.2, 0.25) is 5.13 Å². The van der Waals surface area contributed by atoms with Crippen LogP contribution in [0.25, 0.3) is 0 Å². The van der Waals surface area contributed by atoms with Crippen LogP contribution in [0.5, 0.6) is 0 Å². The van der Waals surface area contributed by atoms with Crippen LogP contribution in [0.1, 0.15) is 46.2 Å². The number of amides is 1. The second-order valence-electron chi connectivity index (χ2n) is 6.12. The summed E-state index contributed by atoms with van der Waals surface area (Å²) in [6.45, 7) is 7.32. The highest BCUT2D eigenvalue weighted by atomic mass is 32.1. The molecule has 2 heterocycles. The summed E-state index contributed by atoms with van der Waals surface area (Å²) >= 11 is 1.08. The van der Waals surface area contributed by atoms with Crippen LogP contribution in [0.3, 0.4) is 0 Å². The minimum Gasteiger partial charge on any atom is -0.296 e. The van der Waals surface area contributed by atoms with E-state index < -0.39 is 28.1 Å². The number of carbonyl (C=O) groups excluding carboxylic acids is 1. The molecule has 2 aromatic rings. The van der Waals surface area contributed by atoms with Crippen LogP contribution >= 0.6 is 22.7 Å². The standard InChI is InChI=1S/C13H13F5N4OS2/c1-5-6(24-8(19-5)11(2,3)4)7(23)20-10-22-21-9(25-10)12(14,15)13(16,17)18/h1-4H3,(H,20,22,23). The van der Waals surface area contributed by atoms with Gasteiger partial charge in [-0.05, 0) is 6.92 Å². The van der Waals surface area contributed by atoms with Gasteiger partial charge in [0.25, 0.3) is 5.91 Å². The van der Waals surface area contributed by atoms with E-state index in [1.54, 1.807) is 6.92 Å². The Hall–Kier alpha value is -1.69. The number of alkyl halides is 5. The number of halogens is 5. The fourth-order valence-corrected chi connectivity index (χ4v) is 3.36. The molecule has 1 N–H and O–H groups in total. The smallest absolute Gasteiger partial charge is 0.296 e. The van der Waals surface area contributed by atoms with Crippen molar-refractivity contribution in [3.63, 3.8) is 0 Å². The third-order valence-electron chi connectivity index (χ3n) is 2.91. The van der Waals surface area contributed by atoms with Crippen LogP contribution in [0, 0.1) is 6.92 Å². The molecule has 1 amide bonds. The number of carbonyl (C=O) groups is 1. The number of rotatable bonds is 3. The quantitative estimate of drug-likeness (QED) is 0.770. The molecule has 0 saturated heterocycles. The molecule has 0 bridgehead atoms. The van der Waals surface area contributed by atoms with E-state index in [9.17, 15) is 26.7 Å². The van der Waals surface area contributed by atoms with Gasteiger partial charge in [-0.25, -0.2) is 4.98 Å². The molecule has 0 atom stereocenters. The molecule has 0 unspecified atom stereocenters. The van der Waals surface area contributed by atoms with Crippen LogP contribution in [-0.4, -0.2) is 27.3 Å². The van der Waals surface area contributed by atoms with E-state index >= 15 is 0 Å². The Morgan fingerprint density at radius 3 is 2.08 bits per heavy atom. The number of aryl methyl sites for hydroxylation is 1. The molecule has 0 saturated carbocycles. The summed E-state index contributed by atoms with van der Waals surface area (Å²) in [5.41, 5.74) is 0.135. The Labute approximate surface area is 147 Å². The molecule has 25 heavy (non-hydrogen) atoms. The van der Waals surface area contributed by atoms with Crippen LogP contribution < -0.4 is 5.32 Å². The van der Waals surface area contributed by atoms with Crippen molar-refractivity contribution >= 4 is 33.7 Å². The fraction of sp³-hybridized carbons (Fsp3) is 0.538. The highest BCUT2D eigenvalue weighted by molar-refractivity contribution is 7.16. The highest BCUT2D eigenvalue weighted by Gasteiger charge is 2.61. The molecule has 0 radical (unpaired) electrons. The summed E-state index contributed by atoms with van der Waals surface area (Å²) < 4.78 is 63.3. The third-order valence-corrected chi connectivity index (χ3v) is 5.40. The van der Waals surface area contributed by atoms with Gasteiger partial charge in [0, 0.05) is 5.41 Å². The van der Waals surface area contributed by atoms with Gasteiger partial charge in [-0.2, -0.15) is 22.0 Å². The predicted molar refractivity (Wildman–Crippen MR) is 83.4 cm³/mol. The largest absolute Gasteiger partial charge is 0.460 e. The Morgan fingerprint density at radius 2 is 1.60 bits per heavy atom. The second kappa shape index (κ2) is 6.24. The Kier molecular flexibility index (Phi) is 4.90. The van der Waals surface area contributed by atoms with E-state index in [1.165, 1.54) is 0 Å². The molecule has 0 aromatic carbocycles. The van der Waals surface area contributed by atoms with Gasteiger partial charge < -0.3 is 0 Å². The number of thiazole rings is 1. The molecule has 0 aliphatic heterocycles. The van der Waals surface area contributed by atoms with Crippen LogP contribution in [-0.2, 0) is 11.3 Å². The lowest BCUT2D eigenvalue weighted by Crippen LogP contribution is -2.33. The summed E-state index contributed by atoms with van der Waals surface area (Å²) in [6.07, 6.45) is -5.79. The Balaban J connectivity index is 2.22. The van der Waals surface area contributed by atoms with Gasteiger partial charge in [-0.1, -0.05) is 32.1 Å². The zero-order chi connectivity index (χ0) is 19.2. The van der Waals surface area contributed by atoms with E-state index in [1.807, 2.05) is 20.8 Å². The summed E-state index contributed by atoms with van der Waals surface area (Å²) in [6, 6.07) is 0. The summed E-state index contributed by atoms with van der Waals surface area (Å²) in [5, 5.41) is 6.92. The van der Waals surface area contributed by atoms with Crippen LogP contribution in [0.2, 0.25) is 0 Å². The Morgan fingerprint density at radius 1 is 1.00 bits per heavy atom. The van der Waals surface area contributed by atoms with Gasteiger partial charge >= 0.3 is 12.1 Å². The number of hydrogen-bond acceptors (Lipinski definition) is 6. The van der Waals surface area contributed by atoms with Crippen molar-refractivity contribution in [1.29, 1.82) is 0 Å². The number of nitrogens with zero attached hydrogens (tertiary/aromatic N) is 3. The molecule has 2 aromatic heterocycles. The molecular formula is C13H13F5N4OS2. The first-order chi connectivity index (χ1) is 11.2. The molecule has 0 spiro atoms. The number of anilines is 1. The van der Waals surface area contributed by atoms with Crippen molar-refractivity contribution in [2.75, 3.05) is 5.32 Å². The number of aromatic nitrogens is 3. The first-order valence-electron chi connectivity index (χ1n) is 6.81. The summed E-state index contributed by atoms with van der Waals surface area (Å²) in [7, 11) is 0. The highest BCUT2D eigenvalue weighted by Crippen LogP contribution is 2.45. The minimum absolute atomic E-state index is 0.0320. The maximum atomic E-state index is 13.2. The average molecular weight is 400 g/mol. The fourth-order valence-electron chi connectivity index (χ4n) is 1.60. The van der Waals surface area contributed by atoms with E-state index in [4.69, 9.17) is 0 Å². The average Bonchev–Trinajstić information content (AvgIpc) is 3.03. The molecule has 5 nitrogen and oxygen atoms in total. The zero-order valence-electron chi connectivity index (χ0n) is 13.5. The van der Waals surface area contributed by atoms with Crippen molar-refractivity contribution in [1.82, 2.24) is 15.2 Å². The number of hydrogen-bond donors (Lipinski definition) is 1. The van der Waals surface area contributed by atoms with Crippen molar-refractivity contribution in [2.45, 2.75) is 45.2 Å². The van der Waals surface area contributed by atoms with E-state index in [0.717, 1.165) is 11.3 Å². The van der Waals surface area contributed by atoms with Crippen molar-refractivity contribution in [3.8, 4) is 0 Å². The monoisotopic (exact) mass is 400 g/mol. The molecule has 12 heteroatoms. The molecule has 138 valence electrons. The lowest BCUT2D eigenvalue weighted by atomic mass is 9.98. The topological polar surface area (TPSA) is 67.8 Å². The second-order valence-corrected chi connectivity index (χ2v) is 8.10. The third kappa shape index (κ3) is 3.94. The van der Waals surface area contributed by atoms with Crippen LogP contribution in [0.4, 0.5) is 27.1 Å². The van der Waals surface area contributed by atoms with Crippen LogP contribution in [0.15, 0.2) is 0 Å². The van der Waals surface area contributed by atoms with Gasteiger partial charge in [0.05, 0.1) is 10.7 Å². The van der Waals surface area contributed by atoms with E-state index in [0.29, 0.717) is 10.7 Å². The summed E-state index contributed by atoms with van der Waals surface area (Å²) in [4.78, 5) is 16.7. The zero-order valence-corrected chi connectivity index (χ0v) is 15.1. The first kappa shape index (κ1) is 19.6. The lowest BCUT2D eigenvalue weighted by molar-refractivity contribution is -0.289. The molecule has 2 rings (SSSR count). The van der Waals surface area contributed by atoms with Gasteiger partial charge in [-0.15, -0.1) is 21.5 Å². The Bertz CT molecular complexity index is 791. The first-order valence-corrected chi connectivity index (χ1v) is 8.44. The summed E-state index contributed by atoms with van der Waals surface area (Å²) in [5.74, 6) is -5.82. The van der Waals surface area contributed by atoms with E-state index in [2.05, 4.69) is 20.5 Å². The molecule has 0 aliphatic rings.